The summed E-state index contributed by atoms with van der Waals surface area (Å²) in [6.07, 6.45) is 7.92. The molecule has 0 fully saturated rings. The normalized spacial score (nSPS) is 13.5. The number of aromatic nitrogens is 1. The van der Waals surface area contributed by atoms with Crippen molar-refractivity contribution < 1.29 is 14.0 Å². The largest absolute Gasteiger partial charge is 0.496 e. The van der Waals surface area contributed by atoms with E-state index in [0.29, 0.717) is 0 Å². The molecule has 236 valence electrons. The molecule has 1 aromatic heterocycles. The van der Waals surface area contributed by atoms with Crippen molar-refractivity contribution in [2.24, 2.45) is 7.05 Å². The molecule has 0 bridgehead atoms. The Morgan fingerprint density at radius 2 is 1.63 bits per heavy atom. The van der Waals surface area contributed by atoms with E-state index in [9.17, 15) is 0 Å². The summed E-state index contributed by atoms with van der Waals surface area (Å²) < 4.78 is 14.9. The van der Waals surface area contributed by atoms with Crippen LogP contribution in [0.4, 0.5) is 5.69 Å². The number of benzene rings is 4. The first kappa shape index (κ1) is 31.5. The summed E-state index contributed by atoms with van der Waals surface area (Å²) >= 11 is 1.79. The lowest BCUT2D eigenvalue weighted by atomic mass is 9.99. The van der Waals surface area contributed by atoms with Gasteiger partial charge >= 0.3 is 0 Å². The van der Waals surface area contributed by atoms with Crippen molar-refractivity contribution in [2.75, 3.05) is 46.3 Å². The summed E-state index contributed by atoms with van der Waals surface area (Å²) in [7, 11) is 9.78. The average Bonchev–Trinajstić information content (AvgIpc) is 3.39. The Bertz CT molecular complexity index is 1850. The van der Waals surface area contributed by atoms with Crippen LogP contribution in [0, 0.1) is 0 Å². The Kier molecular flexibility index (Phi) is 9.83. The van der Waals surface area contributed by atoms with Crippen LogP contribution in [-0.2, 0) is 20.1 Å². The number of anilines is 1. The molecule has 4 aromatic carbocycles. The van der Waals surface area contributed by atoms with Gasteiger partial charge < -0.3 is 24.6 Å². The number of thiazole rings is 1. The number of nitrogens with zero attached hydrogens (tertiary/aromatic N) is 3. The minimum atomic E-state index is 0.801. The van der Waals surface area contributed by atoms with Crippen LogP contribution in [-0.4, -0.2) is 46.3 Å². The first-order valence-electron chi connectivity index (χ1n) is 15.8. The molecule has 0 saturated heterocycles. The summed E-state index contributed by atoms with van der Waals surface area (Å²) in [4.78, 5) is 4.57. The number of rotatable bonds is 12. The van der Waals surface area contributed by atoms with Gasteiger partial charge in [0.1, 0.15) is 23.2 Å². The van der Waals surface area contributed by atoms with Gasteiger partial charge in [-0.25, -0.2) is 0 Å². The maximum absolute atomic E-state index is 5.69. The van der Waals surface area contributed by atoms with Gasteiger partial charge in [-0.1, -0.05) is 59.9 Å². The van der Waals surface area contributed by atoms with Crippen LogP contribution in [0.5, 0.6) is 11.5 Å². The summed E-state index contributed by atoms with van der Waals surface area (Å²) in [5.41, 5.74) is 9.51. The highest BCUT2D eigenvalue weighted by atomic mass is 32.1. The van der Waals surface area contributed by atoms with Crippen LogP contribution in [0.3, 0.4) is 0 Å². The number of para-hydroxylation sites is 1. The summed E-state index contributed by atoms with van der Waals surface area (Å²) in [6, 6.07) is 30.2. The second-order valence-electron chi connectivity index (χ2n) is 11.9. The van der Waals surface area contributed by atoms with E-state index in [-0.39, 0.29) is 0 Å². The van der Waals surface area contributed by atoms with Crippen molar-refractivity contribution in [1.82, 2.24) is 10.2 Å². The van der Waals surface area contributed by atoms with Crippen LogP contribution >= 0.6 is 11.3 Å². The number of ether oxygens (including phenoxy) is 2. The fraction of sp³-hybridized carbons (Fsp3) is 0.256. The quantitative estimate of drug-likeness (QED) is 0.114. The van der Waals surface area contributed by atoms with E-state index in [2.05, 4.69) is 126 Å². The number of aryl methyl sites for hydroxylation is 1. The second kappa shape index (κ2) is 14.3. The fourth-order valence-corrected chi connectivity index (χ4v) is 7.15. The predicted molar refractivity (Wildman–Crippen MR) is 192 cm³/mol. The molecule has 2 heterocycles. The molecule has 0 amide bonds. The SMILES string of the molecule is COc1cccc(OC)c1-c1ccc2c(c1)sc(C=C1C=CN(Cc3ccc(CNCCCN(C)C)cc3)c3ccccc31)[n+]2C. The molecule has 0 spiro atoms. The predicted octanol–water partition coefficient (Wildman–Crippen LogP) is 7.53. The number of nitrogens with one attached hydrogen (secondary N) is 1. The molecule has 5 aromatic rings. The van der Waals surface area contributed by atoms with Crippen LogP contribution in [0.2, 0.25) is 0 Å². The Hall–Kier alpha value is -4.43. The molecule has 6 rings (SSSR count). The minimum absolute atomic E-state index is 0.801. The smallest absolute Gasteiger partial charge is 0.263 e. The van der Waals surface area contributed by atoms with Crippen molar-refractivity contribution in [1.29, 1.82) is 0 Å². The van der Waals surface area contributed by atoms with Gasteiger partial charge in [0.05, 0.1) is 19.8 Å². The second-order valence-corrected chi connectivity index (χ2v) is 13.0. The van der Waals surface area contributed by atoms with Crippen LogP contribution < -0.4 is 24.3 Å². The lowest BCUT2D eigenvalue weighted by Crippen LogP contribution is -2.29. The third-order valence-corrected chi connectivity index (χ3v) is 9.63. The molecule has 0 unspecified atom stereocenters. The van der Waals surface area contributed by atoms with Gasteiger partial charge in [-0.3, -0.25) is 0 Å². The van der Waals surface area contributed by atoms with Crippen LogP contribution in [0.25, 0.3) is 33.0 Å². The zero-order valence-electron chi connectivity index (χ0n) is 27.4. The molecule has 0 atom stereocenters. The van der Waals surface area contributed by atoms with Gasteiger partial charge in [-0.05, 0) is 92.3 Å². The number of methoxy groups -OCH3 is 2. The Morgan fingerprint density at radius 1 is 0.891 bits per heavy atom. The molecule has 0 saturated carbocycles. The Morgan fingerprint density at radius 3 is 2.37 bits per heavy atom. The molecule has 0 aliphatic carbocycles. The summed E-state index contributed by atoms with van der Waals surface area (Å²) in [6.45, 7) is 3.87. The van der Waals surface area contributed by atoms with Gasteiger partial charge in [0, 0.05) is 42.7 Å². The van der Waals surface area contributed by atoms with E-state index >= 15 is 0 Å². The topological polar surface area (TPSA) is 40.9 Å². The lowest BCUT2D eigenvalue weighted by Gasteiger charge is -2.27. The molecular weight excluding hydrogens is 589 g/mol. The standard InChI is InChI=1S/C39H43N4O2S/c1-41(2)22-9-21-40-26-28-14-16-29(17-15-28)27-43-23-20-30(32-10-6-7-11-33(32)43)25-38-42(3)34-19-18-31(24-37(34)46-38)39-35(44-4)12-8-13-36(39)45-5/h6-8,10-20,23-25,40H,9,21-22,26-27H2,1-5H3/q+1. The lowest BCUT2D eigenvalue weighted by molar-refractivity contribution is -0.642. The molecule has 1 N–H and O–H groups in total. The number of allylic oxidation sites excluding steroid dienone is 2. The third-order valence-electron chi connectivity index (χ3n) is 8.48. The molecule has 1 aliphatic heterocycles. The highest BCUT2D eigenvalue weighted by Gasteiger charge is 2.22. The van der Waals surface area contributed by atoms with Crippen LogP contribution in [0.1, 0.15) is 28.1 Å². The fourth-order valence-electron chi connectivity index (χ4n) is 6.01. The van der Waals surface area contributed by atoms with Gasteiger partial charge in [-0.15, -0.1) is 0 Å². The van der Waals surface area contributed by atoms with E-state index in [0.717, 1.165) is 55.2 Å². The van der Waals surface area contributed by atoms with Crippen molar-refractivity contribution in [2.45, 2.75) is 19.5 Å². The molecule has 0 radical (unpaired) electrons. The van der Waals surface area contributed by atoms with Gasteiger partial charge in [0.2, 0.25) is 5.52 Å². The number of hydrogen-bond acceptors (Lipinski definition) is 6. The monoisotopic (exact) mass is 631 g/mol. The van der Waals surface area contributed by atoms with Crippen molar-refractivity contribution in [3.05, 3.63) is 119 Å². The molecular formula is C39H43N4O2S+. The third kappa shape index (κ3) is 6.87. The van der Waals surface area contributed by atoms with Crippen molar-refractivity contribution >= 4 is 38.9 Å². The Labute approximate surface area is 276 Å². The highest BCUT2D eigenvalue weighted by Crippen LogP contribution is 2.40. The zero-order chi connectivity index (χ0) is 32.0. The molecule has 46 heavy (non-hydrogen) atoms. The maximum Gasteiger partial charge on any atom is 0.263 e. The van der Waals surface area contributed by atoms with Gasteiger partial charge in [-0.2, -0.15) is 4.57 Å². The van der Waals surface area contributed by atoms with E-state index < -0.39 is 0 Å². The maximum atomic E-state index is 5.69. The minimum Gasteiger partial charge on any atom is -0.496 e. The van der Waals surface area contributed by atoms with Gasteiger partial charge in [0.15, 0.2) is 0 Å². The molecule has 6 nitrogen and oxygen atoms in total. The summed E-state index contributed by atoms with van der Waals surface area (Å²) in [5.74, 6) is 1.60. The van der Waals surface area contributed by atoms with Crippen molar-refractivity contribution in [3.63, 3.8) is 0 Å². The van der Waals surface area contributed by atoms with Gasteiger partial charge in [0.25, 0.3) is 5.01 Å². The highest BCUT2D eigenvalue weighted by molar-refractivity contribution is 7.19. The Balaban J connectivity index is 1.22. The number of hydrogen-bond donors (Lipinski definition) is 1. The molecule has 1 aliphatic rings. The summed E-state index contributed by atoms with van der Waals surface area (Å²) in [5, 5.41) is 4.75. The van der Waals surface area contributed by atoms with Crippen LogP contribution in [0.15, 0.2) is 97.2 Å². The zero-order valence-corrected chi connectivity index (χ0v) is 28.2. The number of fused-ring (bicyclic) bond motifs is 2. The van der Waals surface area contributed by atoms with E-state index in [1.807, 2.05) is 18.2 Å². The molecule has 7 heteroatoms. The van der Waals surface area contributed by atoms with Crippen molar-refractivity contribution in [3.8, 4) is 22.6 Å². The average molecular weight is 632 g/mol. The first-order chi connectivity index (χ1) is 22.4. The van der Waals surface area contributed by atoms with E-state index in [1.54, 1.807) is 25.6 Å². The van der Waals surface area contributed by atoms with E-state index in [4.69, 9.17) is 9.47 Å². The first-order valence-corrected chi connectivity index (χ1v) is 16.6. The van der Waals surface area contributed by atoms with E-state index in [1.165, 1.54) is 43.2 Å².